The molecule has 0 aliphatic rings. The van der Waals surface area contributed by atoms with Crippen LogP contribution in [0.5, 0.6) is 5.88 Å². The predicted molar refractivity (Wildman–Crippen MR) is 76.6 cm³/mol. The van der Waals surface area contributed by atoms with E-state index in [9.17, 15) is 0 Å². The second kappa shape index (κ2) is 5.28. The summed E-state index contributed by atoms with van der Waals surface area (Å²) in [6.45, 7) is 4.61. The van der Waals surface area contributed by atoms with Crippen LogP contribution in [0.25, 0.3) is 11.2 Å². The molecule has 20 heavy (non-hydrogen) atoms. The molecule has 0 bridgehead atoms. The third-order valence-corrected chi connectivity index (χ3v) is 2.85. The number of ether oxygens (including phenoxy) is 1. The van der Waals surface area contributed by atoms with Crippen LogP contribution in [0.1, 0.15) is 19.4 Å². The third-order valence-electron chi connectivity index (χ3n) is 2.85. The fourth-order valence-electron chi connectivity index (χ4n) is 2.01. The van der Waals surface area contributed by atoms with E-state index in [4.69, 9.17) is 4.74 Å². The highest BCUT2D eigenvalue weighted by molar-refractivity contribution is 5.69. The van der Waals surface area contributed by atoms with Gasteiger partial charge in [-0.3, -0.25) is 0 Å². The molecule has 0 amide bonds. The highest BCUT2D eigenvalue weighted by Crippen LogP contribution is 2.15. The van der Waals surface area contributed by atoms with E-state index in [0.717, 1.165) is 11.2 Å². The number of benzene rings is 1. The molecule has 0 saturated heterocycles. The molecular formula is C15H16N4O. The van der Waals surface area contributed by atoms with Crippen molar-refractivity contribution in [3.05, 3.63) is 48.3 Å². The first-order valence-electron chi connectivity index (χ1n) is 6.61. The van der Waals surface area contributed by atoms with Crippen molar-refractivity contribution in [2.75, 3.05) is 0 Å². The summed E-state index contributed by atoms with van der Waals surface area (Å²) in [4.78, 5) is 8.81. The smallest absolute Gasteiger partial charge is 0.233 e. The first-order valence-corrected chi connectivity index (χ1v) is 6.61. The summed E-state index contributed by atoms with van der Waals surface area (Å²) >= 11 is 0. The Bertz CT molecular complexity index is 706. The van der Waals surface area contributed by atoms with E-state index in [1.807, 2.05) is 36.7 Å². The molecule has 0 atom stereocenters. The van der Waals surface area contributed by atoms with Crippen molar-refractivity contribution in [3.63, 3.8) is 0 Å². The van der Waals surface area contributed by atoms with Crippen LogP contribution in [0, 0.1) is 0 Å². The first kappa shape index (κ1) is 12.6. The molecule has 5 nitrogen and oxygen atoms in total. The van der Waals surface area contributed by atoms with E-state index < -0.39 is 0 Å². The maximum atomic E-state index is 5.54. The van der Waals surface area contributed by atoms with Crippen LogP contribution in [0.4, 0.5) is 0 Å². The minimum absolute atomic E-state index is 0.0844. The van der Waals surface area contributed by atoms with Crippen molar-refractivity contribution < 1.29 is 4.74 Å². The molecule has 0 unspecified atom stereocenters. The lowest BCUT2D eigenvalue weighted by Gasteiger charge is -2.08. The summed E-state index contributed by atoms with van der Waals surface area (Å²) < 4.78 is 7.38. The van der Waals surface area contributed by atoms with Crippen molar-refractivity contribution in [2.24, 2.45) is 0 Å². The van der Waals surface area contributed by atoms with Gasteiger partial charge in [-0.2, -0.15) is 5.10 Å². The summed E-state index contributed by atoms with van der Waals surface area (Å²) in [6.07, 6.45) is 3.45. The number of hydrogen-bond acceptors (Lipinski definition) is 4. The van der Waals surface area contributed by atoms with E-state index >= 15 is 0 Å². The van der Waals surface area contributed by atoms with Gasteiger partial charge in [0.1, 0.15) is 5.52 Å². The Kier molecular flexibility index (Phi) is 3.33. The quantitative estimate of drug-likeness (QED) is 0.730. The van der Waals surface area contributed by atoms with E-state index in [1.54, 1.807) is 12.4 Å². The van der Waals surface area contributed by atoms with E-state index in [-0.39, 0.29) is 6.10 Å². The van der Waals surface area contributed by atoms with Crippen molar-refractivity contribution in [3.8, 4) is 5.88 Å². The SMILES string of the molecule is CC(C)Oc1cnc2c(cnn2Cc2ccccc2)n1. The van der Waals surface area contributed by atoms with Crippen LogP contribution in [0.2, 0.25) is 0 Å². The molecule has 0 aliphatic heterocycles. The van der Waals surface area contributed by atoms with Gasteiger partial charge in [-0.05, 0) is 19.4 Å². The van der Waals surface area contributed by atoms with Crippen LogP contribution in [-0.2, 0) is 6.54 Å². The van der Waals surface area contributed by atoms with Crippen molar-refractivity contribution in [2.45, 2.75) is 26.5 Å². The van der Waals surface area contributed by atoms with Crippen molar-refractivity contribution in [1.82, 2.24) is 19.7 Å². The second-order valence-corrected chi connectivity index (χ2v) is 4.87. The van der Waals surface area contributed by atoms with Gasteiger partial charge in [-0.15, -0.1) is 0 Å². The fraction of sp³-hybridized carbons (Fsp3) is 0.267. The Balaban J connectivity index is 1.90. The van der Waals surface area contributed by atoms with E-state index in [0.29, 0.717) is 12.4 Å². The van der Waals surface area contributed by atoms with Gasteiger partial charge in [0.15, 0.2) is 5.65 Å². The molecule has 0 N–H and O–H groups in total. The number of fused-ring (bicyclic) bond motifs is 1. The number of aromatic nitrogens is 4. The van der Waals surface area contributed by atoms with Gasteiger partial charge < -0.3 is 4.74 Å². The van der Waals surface area contributed by atoms with Crippen LogP contribution in [0.15, 0.2) is 42.7 Å². The maximum Gasteiger partial charge on any atom is 0.233 e. The predicted octanol–water partition coefficient (Wildman–Crippen LogP) is 2.66. The molecule has 0 fully saturated rings. The average molecular weight is 268 g/mol. The minimum Gasteiger partial charge on any atom is -0.474 e. The Morgan fingerprint density at radius 1 is 1.15 bits per heavy atom. The van der Waals surface area contributed by atoms with Crippen LogP contribution in [-0.4, -0.2) is 25.9 Å². The number of nitrogens with zero attached hydrogens (tertiary/aromatic N) is 4. The van der Waals surface area contributed by atoms with E-state index in [2.05, 4.69) is 27.2 Å². The van der Waals surface area contributed by atoms with Crippen LogP contribution < -0.4 is 4.74 Å². The van der Waals surface area contributed by atoms with Gasteiger partial charge >= 0.3 is 0 Å². The number of rotatable bonds is 4. The van der Waals surface area contributed by atoms with Gasteiger partial charge in [0, 0.05) is 0 Å². The molecule has 2 heterocycles. The summed E-state index contributed by atoms with van der Waals surface area (Å²) in [6, 6.07) is 10.2. The Hall–Kier alpha value is -2.43. The summed E-state index contributed by atoms with van der Waals surface area (Å²) in [5.74, 6) is 0.534. The average Bonchev–Trinajstić information content (AvgIpc) is 2.82. The standard InChI is InChI=1S/C15H16N4O/c1-11(2)20-14-9-16-15-13(18-14)8-17-19(15)10-12-6-4-3-5-7-12/h3-9,11H,10H2,1-2H3. The van der Waals surface area contributed by atoms with Gasteiger partial charge in [0.2, 0.25) is 5.88 Å². The second-order valence-electron chi connectivity index (χ2n) is 4.87. The molecule has 0 saturated carbocycles. The molecule has 1 aromatic carbocycles. The highest BCUT2D eigenvalue weighted by Gasteiger charge is 2.08. The Morgan fingerprint density at radius 3 is 2.70 bits per heavy atom. The molecule has 2 aromatic heterocycles. The van der Waals surface area contributed by atoms with Crippen LogP contribution in [0.3, 0.4) is 0 Å². The van der Waals surface area contributed by atoms with E-state index in [1.165, 1.54) is 5.56 Å². The summed E-state index contributed by atoms with van der Waals surface area (Å²) in [7, 11) is 0. The first-order chi connectivity index (χ1) is 9.72. The molecule has 0 aliphatic carbocycles. The Labute approximate surface area is 117 Å². The van der Waals surface area contributed by atoms with Gasteiger partial charge in [-0.25, -0.2) is 14.6 Å². The molecule has 3 rings (SSSR count). The molecule has 5 heteroatoms. The monoisotopic (exact) mass is 268 g/mol. The zero-order valence-electron chi connectivity index (χ0n) is 11.5. The zero-order valence-corrected chi connectivity index (χ0v) is 11.5. The normalized spacial score (nSPS) is 11.2. The van der Waals surface area contributed by atoms with Crippen molar-refractivity contribution >= 4 is 11.2 Å². The van der Waals surface area contributed by atoms with Crippen LogP contribution >= 0.6 is 0 Å². The summed E-state index contributed by atoms with van der Waals surface area (Å²) in [5.41, 5.74) is 2.70. The van der Waals surface area contributed by atoms with Gasteiger partial charge in [0.25, 0.3) is 0 Å². The third kappa shape index (κ3) is 2.61. The molecule has 0 radical (unpaired) electrons. The maximum absolute atomic E-state index is 5.54. The molecule has 0 spiro atoms. The summed E-state index contributed by atoms with van der Waals surface area (Å²) in [5, 5.41) is 4.35. The largest absolute Gasteiger partial charge is 0.474 e. The Morgan fingerprint density at radius 2 is 1.95 bits per heavy atom. The molecule has 102 valence electrons. The van der Waals surface area contributed by atoms with Crippen molar-refractivity contribution in [1.29, 1.82) is 0 Å². The lowest BCUT2D eigenvalue weighted by Crippen LogP contribution is -2.07. The number of hydrogen-bond donors (Lipinski definition) is 0. The topological polar surface area (TPSA) is 52.8 Å². The van der Waals surface area contributed by atoms with Gasteiger partial charge in [-0.1, -0.05) is 30.3 Å². The zero-order chi connectivity index (χ0) is 13.9. The fourth-order valence-corrected chi connectivity index (χ4v) is 2.01. The molecule has 3 aromatic rings. The highest BCUT2D eigenvalue weighted by atomic mass is 16.5. The van der Waals surface area contributed by atoms with Gasteiger partial charge in [0.05, 0.1) is 25.0 Å². The lowest BCUT2D eigenvalue weighted by molar-refractivity contribution is 0.232. The lowest BCUT2D eigenvalue weighted by atomic mass is 10.2. The molecular weight excluding hydrogens is 252 g/mol. The minimum atomic E-state index is 0.0844.